The SMILES string of the molecule is CCCNc1cc(-n2ccc(C(C)C)n2)nc(C2CC2)n1. The number of anilines is 1. The lowest BCUT2D eigenvalue weighted by Crippen LogP contribution is -2.09. The molecule has 0 saturated heterocycles. The van der Waals surface area contributed by atoms with E-state index in [1.165, 1.54) is 12.8 Å². The van der Waals surface area contributed by atoms with Gasteiger partial charge in [-0.25, -0.2) is 14.6 Å². The molecule has 0 aliphatic heterocycles. The number of nitrogens with zero attached hydrogens (tertiary/aromatic N) is 4. The number of rotatable bonds is 6. The van der Waals surface area contributed by atoms with E-state index in [4.69, 9.17) is 4.98 Å². The Kier molecular flexibility index (Phi) is 3.90. The topological polar surface area (TPSA) is 55.6 Å². The van der Waals surface area contributed by atoms with Gasteiger partial charge in [0, 0.05) is 24.7 Å². The summed E-state index contributed by atoms with van der Waals surface area (Å²) in [5, 5.41) is 7.99. The molecule has 21 heavy (non-hydrogen) atoms. The molecule has 0 atom stereocenters. The quantitative estimate of drug-likeness (QED) is 0.882. The molecule has 112 valence electrons. The summed E-state index contributed by atoms with van der Waals surface area (Å²) in [5.41, 5.74) is 1.09. The summed E-state index contributed by atoms with van der Waals surface area (Å²) < 4.78 is 1.86. The molecule has 0 bridgehead atoms. The number of aromatic nitrogens is 4. The molecule has 5 nitrogen and oxygen atoms in total. The molecule has 5 heteroatoms. The lowest BCUT2D eigenvalue weighted by molar-refractivity contribution is 0.748. The fourth-order valence-corrected chi connectivity index (χ4v) is 2.21. The maximum Gasteiger partial charge on any atom is 0.159 e. The standard InChI is InChI=1S/C16H23N5/c1-4-8-17-14-10-15(19-16(18-14)12-5-6-12)21-9-7-13(20-21)11(2)3/h7,9-12H,4-6,8H2,1-3H3,(H,17,18,19). The molecule has 1 saturated carbocycles. The average Bonchev–Trinajstić information content (AvgIpc) is 3.21. The van der Waals surface area contributed by atoms with Crippen LogP contribution >= 0.6 is 0 Å². The van der Waals surface area contributed by atoms with E-state index in [1.54, 1.807) is 0 Å². The fraction of sp³-hybridized carbons (Fsp3) is 0.562. The first-order valence-corrected chi connectivity index (χ1v) is 7.86. The Balaban J connectivity index is 1.93. The number of hydrogen-bond acceptors (Lipinski definition) is 4. The second-order valence-corrected chi connectivity index (χ2v) is 6.01. The highest BCUT2D eigenvalue weighted by atomic mass is 15.3. The lowest BCUT2D eigenvalue weighted by Gasteiger charge is -2.09. The molecule has 2 heterocycles. The van der Waals surface area contributed by atoms with Crippen molar-refractivity contribution in [2.24, 2.45) is 0 Å². The number of hydrogen-bond donors (Lipinski definition) is 1. The summed E-state index contributed by atoms with van der Waals surface area (Å²) in [6.07, 6.45) is 5.47. The Hall–Kier alpha value is -1.91. The van der Waals surface area contributed by atoms with Gasteiger partial charge in [-0.3, -0.25) is 0 Å². The highest BCUT2D eigenvalue weighted by Gasteiger charge is 2.27. The van der Waals surface area contributed by atoms with Crippen LogP contribution in [0, 0.1) is 0 Å². The maximum absolute atomic E-state index is 4.70. The normalized spacial score (nSPS) is 14.7. The van der Waals surface area contributed by atoms with Crippen molar-refractivity contribution in [3.05, 3.63) is 29.8 Å². The van der Waals surface area contributed by atoms with Crippen molar-refractivity contribution in [3.8, 4) is 5.82 Å². The van der Waals surface area contributed by atoms with Crippen molar-refractivity contribution in [3.63, 3.8) is 0 Å². The second-order valence-electron chi connectivity index (χ2n) is 6.01. The lowest BCUT2D eigenvalue weighted by atomic mass is 10.1. The summed E-state index contributed by atoms with van der Waals surface area (Å²) in [6, 6.07) is 4.04. The molecule has 0 unspecified atom stereocenters. The molecule has 1 aliphatic rings. The largest absolute Gasteiger partial charge is 0.370 e. The third-order valence-corrected chi connectivity index (χ3v) is 3.66. The van der Waals surface area contributed by atoms with E-state index in [-0.39, 0.29) is 0 Å². The van der Waals surface area contributed by atoms with Gasteiger partial charge in [0.25, 0.3) is 0 Å². The van der Waals surface area contributed by atoms with Crippen molar-refractivity contribution in [2.45, 2.75) is 51.9 Å². The van der Waals surface area contributed by atoms with Crippen LogP contribution in [-0.4, -0.2) is 26.3 Å². The van der Waals surface area contributed by atoms with Crippen molar-refractivity contribution in [1.29, 1.82) is 0 Å². The second kappa shape index (κ2) is 5.84. The minimum Gasteiger partial charge on any atom is -0.370 e. The Morgan fingerprint density at radius 1 is 1.33 bits per heavy atom. The average molecular weight is 285 g/mol. The van der Waals surface area contributed by atoms with E-state index < -0.39 is 0 Å². The maximum atomic E-state index is 4.70. The molecule has 1 fully saturated rings. The van der Waals surface area contributed by atoms with E-state index in [0.29, 0.717) is 11.8 Å². The minimum absolute atomic E-state index is 0.425. The summed E-state index contributed by atoms with van der Waals surface area (Å²) in [5.74, 6) is 3.68. The smallest absolute Gasteiger partial charge is 0.159 e. The van der Waals surface area contributed by atoms with Crippen LogP contribution < -0.4 is 5.32 Å². The molecule has 1 N–H and O–H groups in total. The van der Waals surface area contributed by atoms with Crippen LogP contribution in [0.4, 0.5) is 5.82 Å². The predicted molar refractivity (Wildman–Crippen MR) is 84.0 cm³/mol. The first kappa shape index (κ1) is 14.0. The molecule has 0 spiro atoms. The van der Waals surface area contributed by atoms with E-state index in [1.807, 2.05) is 16.9 Å². The van der Waals surface area contributed by atoms with Gasteiger partial charge in [-0.05, 0) is 31.2 Å². The van der Waals surface area contributed by atoms with Crippen LogP contribution in [0.3, 0.4) is 0 Å². The van der Waals surface area contributed by atoms with E-state index in [9.17, 15) is 0 Å². The monoisotopic (exact) mass is 285 g/mol. The zero-order chi connectivity index (χ0) is 14.8. The van der Waals surface area contributed by atoms with Crippen LogP contribution in [-0.2, 0) is 0 Å². The van der Waals surface area contributed by atoms with Gasteiger partial charge in [0.15, 0.2) is 5.82 Å². The van der Waals surface area contributed by atoms with Crippen LogP contribution in [0.5, 0.6) is 0 Å². The number of nitrogens with one attached hydrogen (secondary N) is 1. The third kappa shape index (κ3) is 3.23. The molecule has 2 aromatic rings. The van der Waals surface area contributed by atoms with Crippen LogP contribution in [0.1, 0.15) is 63.4 Å². The molecule has 3 rings (SSSR count). The predicted octanol–water partition coefficient (Wildman–Crippen LogP) is 3.49. The highest BCUT2D eigenvalue weighted by Crippen LogP contribution is 2.38. The van der Waals surface area contributed by atoms with Crippen molar-refractivity contribution < 1.29 is 0 Å². The Labute approximate surface area is 125 Å². The molecule has 0 aromatic carbocycles. The minimum atomic E-state index is 0.425. The fourth-order valence-electron chi connectivity index (χ4n) is 2.21. The van der Waals surface area contributed by atoms with Gasteiger partial charge in [-0.15, -0.1) is 0 Å². The van der Waals surface area contributed by atoms with Gasteiger partial charge in [-0.2, -0.15) is 5.10 Å². The zero-order valence-corrected chi connectivity index (χ0v) is 13.0. The molecule has 0 radical (unpaired) electrons. The third-order valence-electron chi connectivity index (χ3n) is 3.66. The van der Waals surface area contributed by atoms with Gasteiger partial charge in [0.05, 0.1) is 5.69 Å². The van der Waals surface area contributed by atoms with Gasteiger partial charge < -0.3 is 5.32 Å². The van der Waals surface area contributed by atoms with E-state index >= 15 is 0 Å². The zero-order valence-electron chi connectivity index (χ0n) is 13.0. The first-order chi connectivity index (χ1) is 10.2. The van der Waals surface area contributed by atoms with Gasteiger partial charge in [0.2, 0.25) is 0 Å². The van der Waals surface area contributed by atoms with Crippen LogP contribution in [0.25, 0.3) is 5.82 Å². The molecular weight excluding hydrogens is 262 g/mol. The van der Waals surface area contributed by atoms with Crippen molar-refractivity contribution >= 4 is 5.82 Å². The highest BCUT2D eigenvalue weighted by molar-refractivity contribution is 5.42. The summed E-state index contributed by atoms with van der Waals surface area (Å²) in [4.78, 5) is 9.33. The van der Waals surface area contributed by atoms with E-state index in [0.717, 1.165) is 36.1 Å². The molecule has 1 aliphatic carbocycles. The molecular formula is C16H23N5. The van der Waals surface area contributed by atoms with Crippen molar-refractivity contribution in [2.75, 3.05) is 11.9 Å². The molecule has 2 aromatic heterocycles. The van der Waals surface area contributed by atoms with Crippen molar-refractivity contribution in [1.82, 2.24) is 19.7 Å². The first-order valence-electron chi connectivity index (χ1n) is 7.86. The summed E-state index contributed by atoms with van der Waals surface area (Å²) >= 11 is 0. The Bertz CT molecular complexity index is 613. The van der Waals surface area contributed by atoms with Gasteiger partial charge in [0.1, 0.15) is 11.6 Å². The summed E-state index contributed by atoms with van der Waals surface area (Å²) in [6.45, 7) is 7.38. The van der Waals surface area contributed by atoms with Crippen LogP contribution in [0.2, 0.25) is 0 Å². The summed E-state index contributed by atoms with van der Waals surface area (Å²) in [7, 11) is 0. The van der Waals surface area contributed by atoms with Crippen LogP contribution in [0.15, 0.2) is 18.3 Å². The van der Waals surface area contributed by atoms with Gasteiger partial charge >= 0.3 is 0 Å². The van der Waals surface area contributed by atoms with E-state index in [2.05, 4.69) is 42.2 Å². The Morgan fingerprint density at radius 3 is 2.76 bits per heavy atom. The molecule has 0 amide bonds. The van der Waals surface area contributed by atoms with Gasteiger partial charge in [-0.1, -0.05) is 20.8 Å². The Morgan fingerprint density at radius 2 is 2.14 bits per heavy atom.